The molecule has 1 aromatic carbocycles. The minimum absolute atomic E-state index is 0.0703. The van der Waals surface area contributed by atoms with E-state index < -0.39 is 0 Å². The second-order valence-electron chi connectivity index (χ2n) is 5.39. The van der Waals surface area contributed by atoms with E-state index in [1.807, 2.05) is 19.1 Å². The van der Waals surface area contributed by atoms with Crippen LogP contribution in [0.25, 0.3) is 0 Å². The summed E-state index contributed by atoms with van der Waals surface area (Å²) >= 11 is 0. The molecule has 20 heavy (non-hydrogen) atoms. The number of ether oxygens (including phenoxy) is 1. The van der Waals surface area contributed by atoms with E-state index >= 15 is 0 Å². The molecule has 0 spiro atoms. The maximum absolute atomic E-state index is 11.9. The highest BCUT2D eigenvalue weighted by Crippen LogP contribution is 2.27. The lowest BCUT2D eigenvalue weighted by atomic mass is 9.98. The number of nitrogens with one attached hydrogen (secondary N) is 1. The molecule has 0 aromatic heterocycles. The van der Waals surface area contributed by atoms with E-state index in [1.54, 1.807) is 12.1 Å². The molecule has 0 fully saturated rings. The van der Waals surface area contributed by atoms with E-state index in [2.05, 4.69) is 19.2 Å². The fourth-order valence-electron chi connectivity index (χ4n) is 2.30. The fourth-order valence-corrected chi connectivity index (χ4v) is 2.30. The summed E-state index contributed by atoms with van der Waals surface area (Å²) in [5.41, 5.74) is 0.813. The van der Waals surface area contributed by atoms with Crippen molar-refractivity contribution in [3.8, 4) is 5.75 Å². The monoisotopic (exact) mass is 279 g/mol. The molecular weight excluding hydrogens is 254 g/mol. The Morgan fingerprint density at radius 3 is 2.50 bits per heavy atom. The van der Waals surface area contributed by atoms with E-state index in [1.165, 1.54) is 7.11 Å². The largest absolute Gasteiger partial charge is 0.508 e. The summed E-state index contributed by atoms with van der Waals surface area (Å²) in [4.78, 5) is 11.9. The van der Waals surface area contributed by atoms with Crippen molar-refractivity contribution in [2.24, 2.45) is 5.92 Å². The molecule has 112 valence electrons. The van der Waals surface area contributed by atoms with E-state index in [4.69, 9.17) is 4.74 Å². The van der Waals surface area contributed by atoms with Crippen LogP contribution in [0.3, 0.4) is 0 Å². The van der Waals surface area contributed by atoms with Gasteiger partial charge in [-0.05, 0) is 24.8 Å². The lowest BCUT2D eigenvalue weighted by Crippen LogP contribution is -2.40. The predicted octanol–water partition coefficient (Wildman–Crippen LogP) is 3.02. The molecule has 0 saturated heterocycles. The Kier molecular flexibility index (Phi) is 6.52. The maximum atomic E-state index is 11.9. The topological polar surface area (TPSA) is 58.6 Å². The predicted molar refractivity (Wildman–Crippen MR) is 79.5 cm³/mol. The molecule has 4 heteroatoms. The van der Waals surface area contributed by atoms with Crippen molar-refractivity contribution >= 4 is 5.97 Å². The summed E-state index contributed by atoms with van der Waals surface area (Å²) in [7, 11) is 1.40. The van der Waals surface area contributed by atoms with Crippen LogP contribution in [0.2, 0.25) is 0 Å². The van der Waals surface area contributed by atoms with E-state index in [-0.39, 0.29) is 23.8 Å². The molecule has 4 nitrogen and oxygen atoms in total. The van der Waals surface area contributed by atoms with Crippen LogP contribution in [0.5, 0.6) is 5.75 Å². The number of rotatable bonds is 7. The first-order valence-corrected chi connectivity index (χ1v) is 7.11. The van der Waals surface area contributed by atoms with E-state index in [0.717, 1.165) is 12.0 Å². The third-order valence-electron chi connectivity index (χ3n) is 3.32. The Morgan fingerprint density at radius 2 is 2.00 bits per heavy atom. The number of phenolic OH excluding ortho intramolecular Hbond substituents is 1. The number of aromatic hydroxyl groups is 1. The van der Waals surface area contributed by atoms with Crippen LogP contribution >= 0.6 is 0 Å². The first-order chi connectivity index (χ1) is 9.49. The van der Waals surface area contributed by atoms with Gasteiger partial charge in [0, 0.05) is 11.6 Å². The number of carbonyl (C=O) groups is 1. The molecule has 0 amide bonds. The Bertz CT molecular complexity index is 431. The molecule has 0 aliphatic carbocycles. The number of para-hydroxylation sites is 1. The summed E-state index contributed by atoms with van der Waals surface area (Å²) in [6, 6.07) is 6.78. The zero-order valence-electron chi connectivity index (χ0n) is 12.7. The van der Waals surface area contributed by atoms with Crippen LogP contribution < -0.4 is 5.32 Å². The summed E-state index contributed by atoms with van der Waals surface area (Å²) in [6.07, 6.45) is 1.49. The fraction of sp³-hybridized carbons (Fsp3) is 0.562. The number of methoxy groups -OCH3 is 1. The van der Waals surface area contributed by atoms with Crippen molar-refractivity contribution in [1.82, 2.24) is 5.32 Å². The second kappa shape index (κ2) is 7.90. The van der Waals surface area contributed by atoms with Gasteiger partial charge in [-0.15, -0.1) is 0 Å². The van der Waals surface area contributed by atoms with E-state index in [9.17, 15) is 9.90 Å². The van der Waals surface area contributed by atoms with Crippen molar-refractivity contribution in [1.29, 1.82) is 0 Å². The summed E-state index contributed by atoms with van der Waals surface area (Å²) in [6.45, 7) is 6.16. The van der Waals surface area contributed by atoms with Gasteiger partial charge in [-0.3, -0.25) is 10.1 Å². The third-order valence-corrected chi connectivity index (χ3v) is 3.32. The van der Waals surface area contributed by atoms with Crippen LogP contribution in [0.4, 0.5) is 0 Å². The number of esters is 1. The highest BCUT2D eigenvalue weighted by Gasteiger charge is 2.24. The Morgan fingerprint density at radius 1 is 1.35 bits per heavy atom. The van der Waals surface area contributed by atoms with Crippen molar-refractivity contribution in [2.75, 3.05) is 7.11 Å². The van der Waals surface area contributed by atoms with Gasteiger partial charge in [0.05, 0.1) is 7.11 Å². The van der Waals surface area contributed by atoms with Crippen LogP contribution in [0.1, 0.15) is 45.2 Å². The Balaban J connectivity index is 2.88. The summed E-state index contributed by atoms with van der Waals surface area (Å²) < 4.78 is 4.86. The number of carbonyl (C=O) groups excluding carboxylic acids is 1. The lowest BCUT2D eigenvalue weighted by Gasteiger charge is -2.25. The number of hydrogen-bond donors (Lipinski definition) is 2. The minimum Gasteiger partial charge on any atom is -0.508 e. The van der Waals surface area contributed by atoms with Crippen molar-refractivity contribution < 1.29 is 14.6 Å². The maximum Gasteiger partial charge on any atom is 0.322 e. The standard InChI is InChI=1S/C16H25NO3/c1-5-13(12-8-6-7-9-15(12)18)17-14(10-11(2)3)16(19)20-4/h6-9,11,13-14,17-18H,5,10H2,1-4H3. The van der Waals surface area contributed by atoms with Gasteiger partial charge in [-0.1, -0.05) is 39.0 Å². The Labute approximate surface area is 121 Å². The molecule has 0 radical (unpaired) electrons. The van der Waals surface area contributed by atoms with Gasteiger partial charge in [0.2, 0.25) is 0 Å². The molecule has 0 saturated carbocycles. The van der Waals surface area contributed by atoms with Gasteiger partial charge >= 0.3 is 5.97 Å². The van der Waals surface area contributed by atoms with Crippen molar-refractivity contribution in [3.05, 3.63) is 29.8 Å². The molecule has 1 rings (SSSR count). The number of hydrogen-bond acceptors (Lipinski definition) is 4. The average Bonchev–Trinajstić information content (AvgIpc) is 2.43. The molecule has 0 aliphatic rings. The van der Waals surface area contributed by atoms with Gasteiger partial charge < -0.3 is 9.84 Å². The smallest absolute Gasteiger partial charge is 0.322 e. The number of phenols is 1. The average molecular weight is 279 g/mol. The zero-order valence-corrected chi connectivity index (χ0v) is 12.7. The van der Waals surface area contributed by atoms with Gasteiger partial charge in [-0.2, -0.15) is 0 Å². The van der Waals surface area contributed by atoms with Crippen LogP contribution in [-0.4, -0.2) is 24.2 Å². The second-order valence-corrected chi connectivity index (χ2v) is 5.39. The SMILES string of the molecule is CCC(NC(CC(C)C)C(=O)OC)c1ccccc1O. The third kappa shape index (κ3) is 4.53. The van der Waals surface area contributed by atoms with Crippen molar-refractivity contribution in [3.63, 3.8) is 0 Å². The molecule has 0 aliphatic heterocycles. The first kappa shape index (κ1) is 16.5. The molecular formula is C16H25NO3. The van der Waals surface area contributed by atoms with Crippen LogP contribution in [0.15, 0.2) is 24.3 Å². The van der Waals surface area contributed by atoms with E-state index in [0.29, 0.717) is 12.3 Å². The molecule has 2 atom stereocenters. The Hall–Kier alpha value is -1.55. The first-order valence-electron chi connectivity index (χ1n) is 7.11. The van der Waals surface area contributed by atoms with Gasteiger partial charge in [0.15, 0.2) is 0 Å². The van der Waals surface area contributed by atoms with Gasteiger partial charge in [0.1, 0.15) is 11.8 Å². The normalized spacial score (nSPS) is 14.1. The summed E-state index contributed by atoms with van der Waals surface area (Å²) in [5.74, 6) is 0.376. The van der Waals surface area contributed by atoms with Crippen molar-refractivity contribution in [2.45, 2.75) is 45.7 Å². The van der Waals surface area contributed by atoms with Crippen LogP contribution in [-0.2, 0) is 9.53 Å². The number of benzene rings is 1. The minimum atomic E-state index is -0.357. The highest BCUT2D eigenvalue weighted by molar-refractivity contribution is 5.75. The highest BCUT2D eigenvalue weighted by atomic mass is 16.5. The van der Waals surface area contributed by atoms with Gasteiger partial charge in [0.25, 0.3) is 0 Å². The quantitative estimate of drug-likeness (QED) is 0.753. The molecule has 0 bridgehead atoms. The molecule has 1 aromatic rings. The van der Waals surface area contributed by atoms with Crippen LogP contribution in [0, 0.1) is 5.92 Å². The van der Waals surface area contributed by atoms with Gasteiger partial charge in [-0.25, -0.2) is 0 Å². The zero-order chi connectivity index (χ0) is 15.1. The lowest BCUT2D eigenvalue weighted by molar-refractivity contribution is -0.143. The molecule has 2 unspecified atom stereocenters. The summed E-state index contributed by atoms with van der Waals surface area (Å²) in [5, 5.41) is 13.3. The molecule has 0 heterocycles. The molecule has 2 N–H and O–H groups in total.